The van der Waals surface area contributed by atoms with Crippen molar-refractivity contribution in [3.63, 3.8) is 0 Å². The standard InChI is InChI=1S/C18H20Cl2N2O.C11H15NO.CH3N/c1-4-12-6-5-7-16(18(12)21-2)22(3)11-17(23)14-9-8-13(19)10-15(14)20;1-12(2)9-11(13)10-7-5-3-4-6-8-10;1-2/h5-10,21H,4,11H2,1-3H3;3-7H,8-9H2,1-2H3;2H,1H2. The quantitative estimate of drug-likeness (QED) is 0.264. The van der Waals surface area contributed by atoms with Crippen LogP contribution in [0.5, 0.6) is 0 Å². The molecule has 204 valence electrons. The highest BCUT2D eigenvalue weighted by atomic mass is 35.5. The van der Waals surface area contributed by atoms with Crippen LogP contribution in [0.1, 0.15) is 29.3 Å². The number of halogens is 2. The minimum absolute atomic E-state index is 0.0434. The van der Waals surface area contributed by atoms with Crippen molar-refractivity contribution >= 4 is 52.9 Å². The van der Waals surface area contributed by atoms with E-state index in [9.17, 15) is 9.59 Å². The number of carbonyl (C=O) groups excluding carboxylic acids is 2. The second kappa shape index (κ2) is 17.3. The van der Waals surface area contributed by atoms with Crippen LogP contribution in [0.3, 0.4) is 0 Å². The van der Waals surface area contributed by atoms with Gasteiger partial charge in [-0.3, -0.25) is 9.59 Å². The van der Waals surface area contributed by atoms with E-state index in [1.54, 1.807) is 18.2 Å². The van der Waals surface area contributed by atoms with Crippen molar-refractivity contribution in [2.45, 2.75) is 19.8 Å². The van der Waals surface area contributed by atoms with Crippen molar-refractivity contribution in [3.8, 4) is 0 Å². The fourth-order valence-corrected chi connectivity index (χ4v) is 4.28. The van der Waals surface area contributed by atoms with Crippen LogP contribution in [0.25, 0.3) is 0 Å². The number of allylic oxidation sites excluding steroid dienone is 5. The summed E-state index contributed by atoms with van der Waals surface area (Å²) >= 11 is 12.0. The third kappa shape index (κ3) is 10.3. The average molecular weight is 558 g/mol. The summed E-state index contributed by atoms with van der Waals surface area (Å²) < 4.78 is 0. The third-order valence-electron chi connectivity index (χ3n) is 5.59. The van der Waals surface area contributed by atoms with Gasteiger partial charge in [0.15, 0.2) is 11.6 Å². The van der Waals surface area contributed by atoms with Gasteiger partial charge in [0.05, 0.1) is 29.5 Å². The summed E-state index contributed by atoms with van der Waals surface area (Å²) in [6.45, 7) is 5.34. The number of para-hydroxylation sites is 1. The molecule has 3 rings (SSSR count). The molecule has 6 nitrogen and oxygen atoms in total. The number of Topliss-reactive ketones (excluding diaryl/α,β-unsaturated/α-hetero) is 2. The first kappa shape index (κ1) is 32.8. The number of nitrogens with zero attached hydrogens (tertiary/aromatic N) is 2. The predicted octanol–water partition coefficient (Wildman–Crippen LogP) is 6.74. The molecule has 2 aromatic rings. The molecule has 1 aliphatic rings. The molecule has 8 heteroatoms. The van der Waals surface area contributed by atoms with E-state index in [2.05, 4.69) is 25.0 Å². The minimum atomic E-state index is -0.0434. The summed E-state index contributed by atoms with van der Waals surface area (Å²) in [6.07, 6.45) is 11.4. The molecule has 0 aliphatic heterocycles. The van der Waals surface area contributed by atoms with E-state index in [0.717, 1.165) is 29.8 Å². The number of carbonyl (C=O) groups is 2. The number of rotatable bonds is 9. The molecule has 2 N–H and O–H groups in total. The molecular formula is C30H38Cl2N4O2. The molecule has 0 aromatic heterocycles. The highest BCUT2D eigenvalue weighted by molar-refractivity contribution is 6.37. The molecule has 0 spiro atoms. The lowest BCUT2D eigenvalue weighted by Crippen LogP contribution is -2.26. The van der Waals surface area contributed by atoms with E-state index in [1.165, 1.54) is 5.56 Å². The summed E-state index contributed by atoms with van der Waals surface area (Å²) in [5.41, 5.74) is 4.63. The van der Waals surface area contributed by atoms with Gasteiger partial charge in [-0.05, 0) is 63.5 Å². The van der Waals surface area contributed by atoms with Gasteiger partial charge in [-0.2, -0.15) is 0 Å². The van der Waals surface area contributed by atoms with Crippen molar-refractivity contribution in [2.75, 3.05) is 51.5 Å². The highest BCUT2D eigenvalue weighted by Gasteiger charge is 2.16. The van der Waals surface area contributed by atoms with Crippen LogP contribution in [0.4, 0.5) is 11.4 Å². The minimum Gasteiger partial charge on any atom is -0.386 e. The van der Waals surface area contributed by atoms with Crippen LogP contribution in [0.15, 0.2) is 72.4 Å². The van der Waals surface area contributed by atoms with Gasteiger partial charge in [0.25, 0.3) is 0 Å². The van der Waals surface area contributed by atoms with Gasteiger partial charge in [0.1, 0.15) is 0 Å². The van der Waals surface area contributed by atoms with Crippen molar-refractivity contribution < 1.29 is 9.59 Å². The first-order valence-corrected chi connectivity index (χ1v) is 13.0. The summed E-state index contributed by atoms with van der Waals surface area (Å²) in [5.74, 6) is 0.166. The van der Waals surface area contributed by atoms with Crippen LogP contribution >= 0.6 is 23.2 Å². The number of likely N-dealkylation sites (N-methyl/N-ethyl adjacent to an activating group) is 2. The number of hydrogen-bond acceptors (Lipinski definition) is 6. The molecule has 2 aromatic carbocycles. The molecular weight excluding hydrogens is 519 g/mol. The fraction of sp³-hybridized carbons (Fsp3) is 0.300. The summed E-state index contributed by atoms with van der Waals surface area (Å²) in [5, 5.41) is 9.63. The van der Waals surface area contributed by atoms with Gasteiger partial charge in [0, 0.05) is 30.3 Å². The SMILES string of the molecule is C=N.CCc1cccc(N(C)CC(=O)c2ccc(Cl)cc2Cl)c1NC.CN(C)CC(=O)C1=CC=CC=CC1. The van der Waals surface area contributed by atoms with Crippen LogP contribution in [-0.4, -0.2) is 64.5 Å². The van der Waals surface area contributed by atoms with Crippen LogP contribution in [0.2, 0.25) is 10.0 Å². The maximum atomic E-state index is 12.5. The monoisotopic (exact) mass is 556 g/mol. The maximum absolute atomic E-state index is 12.5. The summed E-state index contributed by atoms with van der Waals surface area (Å²) in [7, 11) is 7.60. The Labute approximate surface area is 237 Å². The Morgan fingerprint density at radius 2 is 1.71 bits per heavy atom. The van der Waals surface area contributed by atoms with Gasteiger partial charge in [-0.25, -0.2) is 0 Å². The van der Waals surface area contributed by atoms with Gasteiger partial charge in [0.2, 0.25) is 0 Å². The van der Waals surface area contributed by atoms with Crippen molar-refractivity contribution in [2.24, 2.45) is 0 Å². The molecule has 0 atom stereocenters. The lowest BCUT2D eigenvalue weighted by Gasteiger charge is -2.23. The van der Waals surface area contributed by atoms with Gasteiger partial charge in [-0.1, -0.05) is 72.6 Å². The Kier molecular flexibility index (Phi) is 15.0. The first-order valence-electron chi connectivity index (χ1n) is 12.2. The van der Waals surface area contributed by atoms with Crippen molar-refractivity contribution in [1.29, 1.82) is 5.41 Å². The second-order valence-electron chi connectivity index (χ2n) is 8.69. The second-order valence-corrected chi connectivity index (χ2v) is 9.53. The molecule has 0 amide bonds. The third-order valence-corrected chi connectivity index (χ3v) is 6.14. The number of benzene rings is 2. The van der Waals surface area contributed by atoms with E-state index >= 15 is 0 Å². The molecule has 0 fully saturated rings. The van der Waals surface area contributed by atoms with Crippen molar-refractivity contribution in [1.82, 2.24) is 4.90 Å². The number of nitrogens with one attached hydrogen (secondary N) is 2. The normalized spacial score (nSPS) is 11.8. The Morgan fingerprint density at radius 1 is 1.00 bits per heavy atom. The van der Waals surface area contributed by atoms with Crippen LogP contribution in [-0.2, 0) is 11.2 Å². The van der Waals surface area contributed by atoms with E-state index in [1.807, 2.05) is 80.5 Å². The zero-order chi connectivity index (χ0) is 28.7. The molecule has 0 saturated heterocycles. The Morgan fingerprint density at radius 3 is 2.32 bits per heavy atom. The molecule has 1 aliphatic carbocycles. The molecule has 38 heavy (non-hydrogen) atoms. The van der Waals surface area contributed by atoms with Gasteiger partial charge in [-0.15, -0.1) is 0 Å². The zero-order valence-electron chi connectivity index (χ0n) is 22.9. The number of anilines is 2. The van der Waals surface area contributed by atoms with E-state index < -0.39 is 0 Å². The zero-order valence-corrected chi connectivity index (χ0v) is 24.4. The van der Waals surface area contributed by atoms with Gasteiger partial charge < -0.3 is 20.5 Å². The molecule has 0 saturated carbocycles. The van der Waals surface area contributed by atoms with E-state index in [4.69, 9.17) is 28.6 Å². The average Bonchev–Trinajstić information content (AvgIpc) is 3.19. The van der Waals surface area contributed by atoms with Crippen molar-refractivity contribution in [3.05, 3.63) is 93.5 Å². The van der Waals surface area contributed by atoms with Gasteiger partial charge >= 0.3 is 0 Å². The number of hydrogen-bond donors (Lipinski definition) is 2. The molecule has 0 bridgehead atoms. The van der Waals surface area contributed by atoms with Crippen LogP contribution < -0.4 is 10.2 Å². The first-order chi connectivity index (χ1) is 18.2. The highest BCUT2D eigenvalue weighted by Crippen LogP contribution is 2.29. The summed E-state index contributed by atoms with van der Waals surface area (Å²) in [4.78, 5) is 27.9. The molecule has 0 radical (unpaired) electrons. The van der Waals surface area contributed by atoms with E-state index in [-0.39, 0.29) is 18.1 Å². The fourth-order valence-electron chi connectivity index (χ4n) is 3.76. The number of ketones is 2. The Hall–Kier alpha value is -3.19. The smallest absolute Gasteiger partial charge is 0.183 e. The molecule has 0 unspecified atom stereocenters. The largest absolute Gasteiger partial charge is 0.386 e. The summed E-state index contributed by atoms with van der Waals surface area (Å²) in [6, 6.07) is 11.0. The lowest BCUT2D eigenvalue weighted by atomic mass is 10.1. The maximum Gasteiger partial charge on any atom is 0.183 e. The van der Waals surface area contributed by atoms with E-state index in [0.29, 0.717) is 22.2 Å². The molecule has 0 heterocycles. The topological polar surface area (TPSA) is 76.5 Å². The Bertz CT molecular complexity index is 1170. The lowest BCUT2D eigenvalue weighted by molar-refractivity contribution is -0.116. The number of aryl methyl sites for hydroxylation is 1. The predicted molar refractivity (Wildman–Crippen MR) is 164 cm³/mol. The van der Waals surface area contributed by atoms with Crippen LogP contribution in [0, 0.1) is 5.41 Å². The Balaban J connectivity index is 0.000000408.